The molecule has 1 heterocycles. The van der Waals surface area contributed by atoms with Crippen LogP contribution in [0.5, 0.6) is 5.75 Å². The first-order valence-electron chi connectivity index (χ1n) is 12.5. The Morgan fingerprint density at radius 2 is 1.92 bits per heavy atom. The molecule has 1 fully saturated rings. The van der Waals surface area contributed by atoms with E-state index in [0.29, 0.717) is 23.1 Å². The lowest BCUT2D eigenvalue weighted by atomic mass is 9.59. The summed E-state index contributed by atoms with van der Waals surface area (Å²) in [6.45, 7) is 3.76. The van der Waals surface area contributed by atoms with Gasteiger partial charge in [-0.15, -0.1) is 6.58 Å². The van der Waals surface area contributed by atoms with Gasteiger partial charge in [0, 0.05) is 41.7 Å². The van der Waals surface area contributed by atoms with E-state index in [1.54, 1.807) is 24.3 Å². The highest BCUT2D eigenvalue weighted by atomic mass is 79.9. The van der Waals surface area contributed by atoms with E-state index in [4.69, 9.17) is 5.11 Å². The van der Waals surface area contributed by atoms with E-state index < -0.39 is 29.6 Å². The van der Waals surface area contributed by atoms with Crippen LogP contribution >= 0.6 is 15.9 Å². The number of phenols is 1. The van der Waals surface area contributed by atoms with Crippen molar-refractivity contribution in [1.29, 1.82) is 0 Å². The van der Waals surface area contributed by atoms with Gasteiger partial charge >= 0.3 is 5.97 Å². The van der Waals surface area contributed by atoms with Gasteiger partial charge in [-0.3, -0.25) is 28.9 Å². The van der Waals surface area contributed by atoms with Crippen LogP contribution in [0.3, 0.4) is 0 Å². The minimum atomic E-state index is -1.00. The standard InChI is InChI=1S/C29H26BrNO7/c1-2-5-14-6-3-7-16(26(14)35)23-15-9-10-17-24(29(38)31(28(17)37)11-4-8-22(33)34)18(15)12-19-25(23)21(32)13-20(30)27(19)36/h2-3,6-7,9,13,17-18,23-24,35H,1,4-5,8,10-12H2,(H,33,34)/t17-,18+,23+,24-/m0/s1. The monoisotopic (exact) mass is 579 g/mol. The number of hydrogen-bond acceptors (Lipinski definition) is 6. The number of imide groups is 1. The second-order valence-electron chi connectivity index (χ2n) is 10.1. The number of fused-ring (bicyclic) bond motifs is 3. The summed E-state index contributed by atoms with van der Waals surface area (Å²) in [6.07, 6.45) is 5.61. The van der Waals surface area contributed by atoms with Crippen molar-refractivity contribution in [1.82, 2.24) is 4.90 Å². The fourth-order valence-corrected chi connectivity index (χ4v) is 6.85. The van der Waals surface area contributed by atoms with Crippen LogP contribution in [-0.4, -0.2) is 51.0 Å². The third-order valence-corrected chi connectivity index (χ3v) is 8.61. The largest absolute Gasteiger partial charge is 0.507 e. The predicted molar refractivity (Wildman–Crippen MR) is 140 cm³/mol. The molecule has 5 rings (SSSR count). The lowest BCUT2D eigenvalue weighted by Crippen LogP contribution is -2.39. The van der Waals surface area contributed by atoms with Gasteiger partial charge in [0.2, 0.25) is 11.8 Å². The maximum atomic E-state index is 13.6. The summed E-state index contributed by atoms with van der Waals surface area (Å²) in [5.74, 6) is -4.99. The van der Waals surface area contributed by atoms with Gasteiger partial charge in [0.15, 0.2) is 11.6 Å². The lowest BCUT2D eigenvalue weighted by Gasteiger charge is -2.42. The fraction of sp³-hybridized carbons (Fsp3) is 0.345. The number of benzene rings is 1. The number of carboxylic acid groups (broad SMARTS) is 1. The molecule has 196 valence electrons. The SMILES string of the molecule is C=CCc1cccc([C@H]2C3=CC[C@@H]4C(=O)N(CCCC(=O)O)C(=O)[C@@H]4[C@@H]3CC3=C2C(=O)C=C(Br)C3=O)c1O. The molecule has 0 radical (unpaired) electrons. The first-order chi connectivity index (χ1) is 18.1. The maximum absolute atomic E-state index is 13.6. The first-order valence-corrected chi connectivity index (χ1v) is 13.3. The molecule has 1 saturated heterocycles. The number of Topliss-reactive ketones (excluding diaryl/α,β-unsaturated/α-hetero) is 1. The van der Waals surface area contributed by atoms with Crippen LogP contribution in [0.15, 0.2) is 64.2 Å². The fourth-order valence-electron chi connectivity index (χ4n) is 6.40. The molecule has 1 aromatic rings. The Morgan fingerprint density at radius 1 is 1.16 bits per heavy atom. The summed E-state index contributed by atoms with van der Waals surface area (Å²) in [4.78, 5) is 65.5. The normalized spacial score (nSPS) is 26.5. The second-order valence-corrected chi connectivity index (χ2v) is 10.9. The van der Waals surface area contributed by atoms with Crippen LogP contribution in [0.1, 0.15) is 42.7 Å². The predicted octanol–water partition coefficient (Wildman–Crippen LogP) is 3.75. The molecule has 4 aliphatic rings. The summed E-state index contributed by atoms with van der Waals surface area (Å²) in [6, 6.07) is 5.26. The number of nitrogens with zero attached hydrogens (tertiary/aromatic N) is 1. The Morgan fingerprint density at radius 3 is 2.63 bits per heavy atom. The third kappa shape index (κ3) is 4.09. The van der Waals surface area contributed by atoms with Crippen LogP contribution in [0, 0.1) is 17.8 Å². The topological polar surface area (TPSA) is 129 Å². The Hall–Kier alpha value is -3.59. The molecule has 38 heavy (non-hydrogen) atoms. The maximum Gasteiger partial charge on any atom is 0.303 e. The highest BCUT2D eigenvalue weighted by Gasteiger charge is 2.56. The zero-order valence-electron chi connectivity index (χ0n) is 20.5. The van der Waals surface area contributed by atoms with Crippen molar-refractivity contribution < 1.29 is 34.2 Å². The number of aromatic hydroxyl groups is 1. The molecular weight excluding hydrogens is 554 g/mol. The number of amides is 2. The van der Waals surface area contributed by atoms with Gasteiger partial charge in [-0.25, -0.2) is 0 Å². The average molecular weight is 580 g/mol. The molecule has 0 bridgehead atoms. The Kier molecular flexibility index (Phi) is 6.81. The number of aliphatic carboxylic acids is 1. The smallest absolute Gasteiger partial charge is 0.303 e. The van der Waals surface area contributed by atoms with Crippen molar-refractivity contribution in [3.63, 3.8) is 0 Å². The molecule has 1 aromatic carbocycles. The lowest BCUT2D eigenvalue weighted by molar-refractivity contribution is -0.142. The minimum Gasteiger partial charge on any atom is -0.507 e. The number of hydrogen-bond donors (Lipinski definition) is 2. The number of rotatable bonds is 7. The van der Waals surface area contributed by atoms with Crippen molar-refractivity contribution in [3.8, 4) is 5.75 Å². The van der Waals surface area contributed by atoms with Gasteiger partial charge in [0.05, 0.1) is 16.3 Å². The molecule has 4 atom stereocenters. The highest BCUT2D eigenvalue weighted by molar-refractivity contribution is 9.12. The molecule has 1 aliphatic heterocycles. The van der Waals surface area contributed by atoms with Crippen LogP contribution in [-0.2, 0) is 30.4 Å². The van der Waals surface area contributed by atoms with Crippen molar-refractivity contribution in [2.75, 3.05) is 6.54 Å². The van der Waals surface area contributed by atoms with E-state index in [1.165, 1.54) is 6.08 Å². The third-order valence-electron chi connectivity index (χ3n) is 8.02. The van der Waals surface area contributed by atoms with E-state index in [9.17, 15) is 29.1 Å². The number of carbonyl (C=O) groups excluding carboxylic acids is 4. The number of para-hydroxylation sites is 1. The molecule has 0 spiro atoms. The number of likely N-dealkylation sites (tertiary alicyclic amines) is 1. The Labute approximate surface area is 227 Å². The van der Waals surface area contributed by atoms with Gasteiger partial charge in [0.25, 0.3) is 0 Å². The summed E-state index contributed by atoms with van der Waals surface area (Å²) in [7, 11) is 0. The van der Waals surface area contributed by atoms with Crippen molar-refractivity contribution >= 4 is 45.3 Å². The van der Waals surface area contributed by atoms with Gasteiger partial charge in [0.1, 0.15) is 5.75 Å². The summed E-state index contributed by atoms with van der Waals surface area (Å²) < 4.78 is 0.133. The molecule has 0 aromatic heterocycles. The summed E-state index contributed by atoms with van der Waals surface area (Å²) in [5.41, 5.74) is 2.42. The number of halogens is 1. The van der Waals surface area contributed by atoms with E-state index in [-0.39, 0.29) is 71.4 Å². The van der Waals surface area contributed by atoms with Crippen LogP contribution < -0.4 is 0 Å². The van der Waals surface area contributed by atoms with Gasteiger partial charge in [-0.05, 0) is 53.1 Å². The molecule has 2 amide bonds. The van der Waals surface area contributed by atoms with Gasteiger partial charge < -0.3 is 10.2 Å². The molecule has 9 heteroatoms. The molecule has 0 unspecified atom stereocenters. The van der Waals surface area contributed by atoms with Crippen LogP contribution in [0.2, 0.25) is 0 Å². The Balaban J connectivity index is 1.61. The number of carbonyl (C=O) groups is 5. The number of phenolic OH excluding ortho intramolecular Hbond substituents is 1. The van der Waals surface area contributed by atoms with Crippen molar-refractivity contribution in [2.24, 2.45) is 17.8 Å². The van der Waals surface area contributed by atoms with E-state index in [2.05, 4.69) is 22.5 Å². The zero-order chi connectivity index (χ0) is 27.3. The Bertz CT molecular complexity index is 1400. The first kappa shape index (κ1) is 26.0. The van der Waals surface area contributed by atoms with E-state index >= 15 is 0 Å². The van der Waals surface area contributed by atoms with E-state index in [0.717, 1.165) is 10.5 Å². The number of allylic oxidation sites excluding steroid dienone is 7. The quantitative estimate of drug-likeness (QED) is 0.286. The zero-order valence-corrected chi connectivity index (χ0v) is 22.1. The molecule has 3 aliphatic carbocycles. The number of ketones is 2. The van der Waals surface area contributed by atoms with Crippen LogP contribution in [0.25, 0.3) is 0 Å². The van der Waals surface area contributed by atoms with E-state index in [1.807, 2.05) is 6.08 Å². The van der Waals surface area contributed by atoms with Gasteiger partial charge in [-0.1, -0.05) is 35.9 Å². The second kappa shape index (κ2) is 9.94. The molecular formula is C29H26BrNO7. The van der Waals surface area contributed by atoms with Crippen molar-refractivity contribution in [2.45, 2.75) is 38.0 Å². The van der Waals surface area contributed by atoms with Gasteiger partial charge in [-0.2, -0.15) is 0 Å². The molecule has 0 saturated carbocycles. The summed E-state index contributed by atoms with van der Waals surface area (Å²) >= 11 is 3.20. The average Bonchev–Trinajstić information content (AvgIpc) is 3.12. The highest BCUT2D eigenvalue weighted by Crippen LogP contribution is 2.56. The number of carboxylic acids is 1. The summed E-state index contributed by atoms with van der Waals surface area (Å²) in [5, 5.41) is 20.2. The molecule has 2 N–H and O–H groups in total. The minimum absolute atomic E-state index is 0.00548. The van der Waals surface area contributed by atoms with Crippen LogP contribution in [0.4, 0.5) is 0 Å². The van der Waals surface area contributed by atoms with Crippen molar-refractivity contribution in [3.05, 3.63) is 75.3 Å². The molecule has 8 nitrogen and oxygen atoms in total.